The lowest BCUT2D eigenvalue weighted by molar-refractivity contribution is 0.122. The van der Waals surface area contributed by atoms with Crippen molar-refractivity contribution in [3.8, 4) is 11.5 Å². The molecule has 6 heterocycles. The minimum atomic E-state index is -0.410. The summed E-state index contributed by atoms with van der Waals surface area (Å²) < 4.78 is 38.0. The predicted molar refractivity (Wildman–Crippen MR) is 156 cm³/mol. The van der Waals surface area contributed by atoms with Gasteiger partial charge in [0.05, 0.1) is 19.4 Å². The minimum Gasteiger partial charge on any atom is -0.378 e. The summed E-state index contributed by atoms with van der Waals surface area (Å²) >= 11 is 0. The molecule has 3 aliphatic rings. The molecule has 0 radical (unpaired) electrons. The largest absolute Gasteiger partial charge is 0.378 e. The van der Waals surface area contributed by atoms with Crippen molar-refractivity contribution in [2.24, 2.45) is 0 Å². The Labute approximate surface area is 240 Å². The van der Waals surface area contributed by atoms with E-state index in [1.165, 1.54) is 12.3 Å². The smallest absolute Gasteiger partial charge is 0.208 e. The Kier molecular flexibility index (Phi) is 8.61. The molecule has 3 saturated heterocycles. The molecule has 0 aromatic carbocycles. The highest BCUT2D eigenvalue weighted by atomic mass is 19.1. The number of aromatic nitrogens is 4. The number of likely N-dealkylation sites (tertiary alicyclic amines) is 1. The zero-order valence-corrected chi connectivity index (χ0v) is 24.1. The monoisotopic (exact) mass is 569 g/mol. The number of nitrogens with zero attached hydrogens (tertiary/aromatic N) is 8. The number of nitrogens with one attached hydrogen (secondary N) is 1. The van der Waals surface area contributed by atoms with Gasteiger partial charge in [-0.25, -0.2) is 19.3 Å². The average molecular weight is 570 g/mol. The van der Waals surface area contributed by atoms with Crippen LogP contribution in [-0.4, -0.2) is 121 Å². The molecule has 41 heavy (non-hydrogen) atoms. The van der Waals surface area contributed by atoms with Gasteiger partial charge >= 0.3 is 0 Å². The van der Waals surface area contributed by atoms with Gasteiger partial charge in [-0.3, -0.25) is 4.40 Å². The lowest BCUT2D eigenvalue weighted by Gasteiger charge is -2.40. The van der Waals surface area contributed by atoms with Crippen molar-refractivity contribution in [2.75, 3.05) is 89.5 Å². The van der Waals surface area contributed by atoms with Gasteiger partial charge in [-0.05, 0) is 71.5 Å². The highest BCUT2D eigenvalue weighted by Gasteiger charge is 2.31. The number of halogens is 2. The molecule has 0 spiro atoms. The number of piperidine rings is 2. The van der Waals surface area contributed by atoms with Crippen molar-refractivity contribution >= 4 is 17.3 Å². The van der Waals surface area contributed by atoms with Crippen LogP contribution in [0.3, 0.4) is 0 Å². The van der Waals surface area contributed by atoms with Gasteiger partial charge in [-0.1, -0.05) is 0 Å². The summed E-state index contributed by atoms with van der Waals surface area (Å²) in [5, 5.41) is 3.50. The van der Waals surface area contributed by atoms with Crippen molar-refractivity contribution in [1.29, 1.82) is 0 Å². The summed E-state index contributed by atoms with van der Waals surface area (Å²) in [5.41, 5.74) is 1.11. The number of ether oxygens (including phenoxy) is 1. The van der Waals surface area contributed by atoms with Crippen LogP contribution in [-0.2, 0) is 4.74 Å². The molecule has 0 saturated carbocycles. The summed E-state index contributed by atoms with van der Waals surface area (Å²) in [4.78, 5) is 22.9. The molecule has 1 N–H and O–H groups in total. The number of fused-ring (bicyclic) bond motifs is 1. The molecule has 6 rings (SSSR count). The second-order valence-corrected chi connectivity index (χ2v) is 11.6. The van der Waals surface area contributed by atoms with Crippen LogP contribution in [0.5, 0.6) is 0 Å². The Hall–Kier alpha value is -2.93. The van der Waals surface area contributed by atoms with Crippen molar-refractivity contribution < 1.29 is 13.5 Å². The van der Waals surface area contributed by atoms with E-state index in [2.05, 4.69) is 39.1 Å². The third-order valence-corrected chi connectivity index (χ3v) is 8.75. The standard InChI is InChI=1S/C29H41F2N9O/c1-36(2)22-7-10-37(11-8-22)12-13-39(23-4-3-9-32-18-23)29-26(31)28(38-14-16-41-17-15-38)34-27(35-29)24-19-33-25-6-5-21(30)20-40(24)25/h5-6,19-20,22-23,32H,3-4,7-18H2,1-2H3/t23-/m1/s1. The van der Waals surface area contributed by atoms with E-state index in [-0.39, 0.29) is 17.7 Å². The van der Waals surface area contributed by atoms with Gasteiger partial charge < -0.3 is 29.7 Å². The number of pyridine rings is 1. The topological polar surface area (TPSA) is 77.3 Å². The van der Waals surface area contributed by atoms with Crippen LogP contribution in [0.1, 0.15) is 25.7 Å². The van der Waals surface area contributed by atoms with Crippen molar-refractivity contribution in [2.45, 2.75) is 37.8 Å². The van der Waals surface area contributed by atoms with Crippen LogP contribution >= 0.6 is 0 Å². The highest BCUT2D eigenvalue weighted by Crippen LogP contribution is 2.32. The molecule has 222 valence electrons. The highest BCUT2D eigenvalue weighted by molar-refractivity contribution is 5.64. The Bertz CT molecular complexity index is 1320. The van der Waals surface area contributed by atoms with Gasteiger partial charge in [0.2, 0.25) is 5.82 Å². The van der Waals surface area contributed by atoms with Crippen molar-refractivity contribution in [1.82, 2.24) is 34.5 Å². The third-order valence-electron chi connectivity index (χ3n) is 8.75. The molecule has 0 aliphatic carbocycles. The quantitative estimate of drug-likeness (QED) is 0.440. The van der Waals surface area contributed by atoms with Crippen LogP contribution < -0.4 is 15.1 Å². The number of hydrogen-bond donors (Lipinski definition) is 1. The first-order chi connectivity index (χ1) is 20.0. The zero-order valence-electron chi connectivity index (χ0n) is 24.1. The molecule has 12 heteroatoms. The molecule has 3 aromatic heterocycles. The predicted octanol–water partition coefficient (Wildman–Crippen LogP) is 2.49. The first kappa shape index (κ1) is 28.2. The van der Waals surface area contributed by atoms with E-state index in [9.17, 15) is 4.39 Å². The summed E-state index contributed by atoms with van der Waals surface area (Å²) in [6, 6.07) is 3.71. The summed E-state index contributed by atoms with van der Waals surface area (Å²) in [7, 11) is 4.30. The fraction of sp³-hybridized carbons (Fsp3) is 0.621. The summed E-state index contributed by atoms with van der Waals surface area (Å²) in [6.07, 6.45) is 7.26. The van der Waals surface area contributed by atoms with Crippen LogP contribution in [0.4, 0.5) is 20.4 Å². The SMILES string of the molecule is CN(C)C1CCN(CCN(c2nc(-c3cnc4ccc(F)cn34)nc(N3CCOCC3)c2F)[C@@H]2CCCNC2)CC1. The summed E-state index contributed by atoms with van der Waals surface area (Å²) in [6.45, 7) is 7.40. The molecule has 3 aliphatic heterocycles. The third kappa shape index (κ3) is 6.15. The molecule has 3 aromatic rings. The Balaban J connectivity index is 1.37. The van der Waals surface area contributed by atoms with Crippen LogP contribution in [0.2, 0.25) is 0 Å². The Morgan fingerprint density at radius 3 is 2.56 bits per heavy atom. The van der Waals surface area contributed by atoms with Crippen LogP contribution in [0, 0.1) is 11.6 Å². The Morgan fingerprint density at radius 2 is 1.83 bits per heavy atom. The van der Waals surface area contributed by atoms with Crippen LogP contribution in [0.15, 0.2) is 24.5 Å². The van der Waals surface area contributed by atoms with Gasteiger partial charge in [-0.15, -0.1) is 0 Å². The lowest BCUT2D eigenvalue weighted by atomic mass is 10.0. The molecular formula is C29H41F2N9O. The van der Waals surface area contributed by atoms with E-state index < -0.39 is 5.82 Å². The van der Waals surface area contributed by atoms with Crippen LogP contribution in [0.25, 0.3) is 17.2 Å². The molecular weight excluding hydrogens is 528 g/mol. The number of morpholine rings is 1. The normalized spacial score (nSPS) is 21.2. The van der Waals surface area contributed by atoms with E-state index in [0.29, 0.717) is 61.9 Å². The van der Waals surface area contributed by atoms with E-state index in [0.717, 1.165) is 58.4 Å². The fourth-order valence-corrected chi connectivity index (χ4v) is 6.30. The number of rotatable bonds is 8. The van der Waals surface area contributed by atoms with E-state index in [1.54, 1.807) is 16.7 Å². The molecule has 10 nitrogen and oxygen atoms in total. The van der Waals surface area contributed by atoms with Gasteiger partial charge in [0.1, 0.15) is 17.2 Å². The van der Waals surface area contributed by atoms with E-state index in [1.807, 2.05) is 4.90 Å². The summed E-state index contributed by atoms with van der Waals surface area (Å²) in [5.74, 6) is 0.106. The number of hydrogen-bond acceptors (Lipinski definition) is 9. The Morgan fingerprint density at radius 1 is 1.02 bits per heavy atom. The maximum Gasteiger partial charge on any atom is 0.208 e. The molecule has 3 fully saturated rings. The van der Waals surface area contributed by atoms with Gasteiger partial charge in [0.15, 0.2) is 17.5 Å². The molecule has 0 bridgehead atoms. The first-order valence-electron chi connectivity index (χ1n) is 14.9. The average Bonchev–Trinajstić information content (AvgIpc) is 3.42. The maximum absolute atomic E-state index is 16.6. The van der Waals surface area contributed by atoms with Gasteiger partial charge in [0.25, 0.3) is 0 Å². The zero-order chi connectivity index (χ0) is 28.3. The first-order valence-corrected chi connectivity index (χ1v) is 14.9. The van der Waals surface area contributed by atoms with Crippen molar-refractivity contribution in [3.63, 3.8) is 0 Å². The second-order valence-electron chi connectivity index (χ2n) is 11.6. The molecule has 0 unspecified atom stereocenters. The maximum atomic E-state index is 16.6. The fourth-order valence-electron chi connectivity index (χ4n) is 6.30. The van der Waals surface area contributed by atoms with Gasteiger partial charge in [0, 0.05) is 51.0 Å². The number of imidazole rings is 1. The molecule has 1 atom stereocenters. The van der Waals surface area contributed by atoms with Gasteiger partial charge in [-0.2, -0.15) is 4.39 Å². The van der Waals surface area contributed by atoms with E-state index >= 15 is 4.39 Å². The minimum absolute atomic E-state index is 0.109. The second kappa shape index (κ2) is 12.5. The number of anilines is 2. The molecule has 0 amide bonds. The lowest BCUT2D eigenvalue weighted by Crippen LogP contribution is -2.51. The van der Waals surface area contributed by atoms with Crippen molar-refractivity contribution in [3.05, 3.63) is 36.2 Å². The van der Waals surface area contributed by atoms with E-state index in [4.69, 9.17) is 14.7 Å².